The van der Waals surface area contributed by atoms with Crippen molar-refractivity contribution in [2.24, 2.45) is 0 Å². The smallest absolute Gasteiger partial charge is 0.270 e. The minimum absolute atomic E-state index is 0.0319. The van der Waals surface area contributed by atoms with E-state index in [1.807, 2.05) is 18.7 Å². The summed E-state index contributed by atoms with van der Waals surface area (Å²) in [6.45, 7) is 5.25. The Morgan fingerprint density at radius 3 is 2.38 bits per heavy atom. The molecule has 182 valence electrons. The van der Waals surface area contributed by atoms with Gasteiger partial charge in [-0.3, -0.25) is 15.0 Å². The predicted octanol–water partition coefficient (Wildman–Crippen LogP) is 4.23. The zero-order valence-corrected chi connectivity index (χ0v) is 20.9. The summed E-state index contributed by atoms with van der Waals surface area (Å²) in [5.74, 6) is 0.710. The fourth-order valence-corrected chi connectivity index (χ4v) is 5.71. The molecule has 0 amide bonds. The molecule has 1 aromatic heterocycles. The first-order valence-corrected chi connectivity index (χ1v) is 12.7. The molecule has 3 rings (SSSR count). The van der Waals surface area contributed by atoms with Gasteiger partial charge in [0.1, 0.15) is 0 Å². The predicted molar refractivity (Wildman–Crippen MR) is 131 cm³/mol. The number of nitro groups is 1. The van der Waals surface area contributed by atoms with Gasteiger partial charge in [-0.2, -0.15) is 0 Å². The summed E-state index contributed by atoms with van der Waals surface area (Å²) < 4.78 is 39.2. The van der Waals surface area contributed by atoms with Crippen LogP contribution in [0.4, 0.5) is 10.8 Å². The van der Waals surface area contributed by atoms with E-state index in [-0.39, 0.29) is 22.4 Å². The highest BCUT2D eigenvalue weighted by Crippen LogP contribution is 2.35. The molecule has 0 aliphatic carbocycles. The van der Waals surface area contributed by atoms with Gasteiger partial charge in [-0.1, -0.05) is 26.0 Å². The second kappa shape index (κ2) is 10.8. The lowest BCUT2D eigenvalue weighted by Gasteiger charge is -2.28. The number of non-ortho nitro benzene ring substituents is 1. The maximum absolute atomic E-state index is 13.7. The second-order valence-electron chi connectivity index (χ2n) is 7.14. The summed E-state index contributed by atoms with van der Waals surface area (Å²) in [5, 5.41) is 13.1. The molecular weight excluding hydrogens is 480 g/mol. The minimum Gasteiger partial charge on any atom is -0.493 e. The average Bonchev–Trinajstić information content (AvgIpc) is 3.34. The van der Waals surface area contributed by atoms with Crippen LogP contribution in [0.3, 0.4) is 0 Å². The van der Waals surface area contributed by atoms with Crippen LogP contribution in [0.5, 0.6) is 11.5 Å². The molecule has 0 aliphatic rings. The average molecular weight is 507 g/mol. The van der Waals surface area contributed by atoms with E-state index in [1.165, 1.54) is 48.9 Å². The SMILES string of the molecule is CCN(CC)CN(c1nc(-c2cccc([N+](=O)[O-])c2)cs1)S(=O)(=O)c1ccc(OC)c(OC)c1. The Morgan fingerprint density at radius 1 is 1.06 bits per heavy atom. The van der Waals surface area contributed by atoms with Crippen molar-refractivity contribution in [2.75, 3.05) is 38.3 Å². The summed E-state index contributed by atoms with van der Waals surface area (Å²) in [7, 11) is -1.11. The molecule has 0 aliphatic heterocycles. The van der Waals surface area contributed by atoms with Gasteiger partial charge in [-0.15, -0.1) is 11.3 Å². The molecule has 0 radical (unpaired) electrons. The number of benzene rings is 2. The van der Waals surface area contributed by atoms with E-state index in [4.69, 9.17) is 9.47 Å². The fraction of sp³-hybridized carbons (Fsp3) is 0.318. The van der Waals surface area contributed by atoms with Crippen molar-refractivity contribution in [3.63, 3.8) is 0 Å². The highest BCUT2D eigenvalue weighted by atomic mass is 32.2. The van der Waals surface area contributed by atoms with Gasteiger partial charge >= 0.3 is 0 Å². The monoisotopic (exact) mass is 506 g/mol. The molecule has 2 aromatic carbocycles. The van der Waals surface area contributed by atoms with Gasteiger partial charge in [0.15, 0.2) is 11.5 Å². The number of methoxy groups -OCH3 is 2. The van der Waals surface area contributed by atoms with Crippen LogP contribution >= 0.6 is 11.3 Å². The molecule has 1 heterocycles. The third kappa shape index (κ3) is 5.29. The number of hydrogen-bond donors (Lipinski definition) is 0. The summed E-state index contributed by atoms with van der Waals surface area (Å²) >= 11 is 1.15. The number of ether oxygens (including phenoxy) is 2. The van der Waals surface area contributed by atoms with Crippen molar-refractivity contribution < 1.29 is 22.8 Å². The zero-order chi connectivity index (χ0) is 24.9. The number of anilines is 1. The normalized spacial score (nSPS) is 11.4. The Bertz CT molecular complexity index is 1260. The Hall–Kier alpha value is -3.22. The van der Waals surface area contributed by atoms with E-state index in [0.717, 1.165) is 11.3 Å². The van der Waals surface area contributed by atoms with Crippen LogP contribution in [0.2, 0.25) is 0 Å². The summed E-state index contributed by atoms with van der Waals surface area (Å²) in [6, 6.07) is 10.5. The van der Waals surface area contributed by atoms with Gasteiger partial charge in [-0.25, -0.2) is 17.7 Å². The van der Waals surface area contributed by atoms with Crippen LogP contribution in [-0.4, -0.2) is 57.2 Å². The molecule has 0 spiro atoms. The van der Waals surface area contributed by atoms with Crippen molar-refractivity contribution in [2.45, 2.75) is 18.7 Å². The van der Waals surface area contributed by atoms with Gasteiger partial charge in [0, 0.05) is 29.1 Å². The van der Waals surface area contributed by atoms with Crippen LogP contribution in [0.1, 0.15) is 13.8 Å². The Balaban J connectivity index is 2.07. The minimum atomic E-state index is -4.02. The number of sulfonamides is 1. The first-order chi connectivity index (χ1) is 16.2. The van der Waals surface area contributed by atoms with Crippen molar-refractivity contribution >= 4 is 32.2 Å². The molecule has 0 N–H and O–H groups in total. The molecular formula is C22H26N4O6S2. The number of hydrogen-bond acceptors (Lipinski definition) is 9. The van der Waals surface area contributed by atoms with Crippen molar-refractivity contribution in [1.82, 2.24) is 9.88 Å². The molecule has 0 bridgehead atoms. The number of thiazole rings is 1. The lowest BCUT2D eigenvalue weighted by molar-refractivity contribution is -0.384. The first-order valence-electron chi connectivity index (χ1n) is 10.4. The van der Waals surface area contributed by atoms with Gasteiger partial charge in [-0.05, 0) is 25.2 Å². The van der Waals surface area contributed by atoms with E-state index in [0.29, 0.717) is 35.8 Å². The Kier molecular flexibility index (Phi) is 8.07. The quantitative estimate of drug-likeness (QED) is 0.216. The van der Waals surface area contributed by atoms with E-state index in [9.17, 15) is 18.5 Å². The maximum Gasteiger partial charge on any atom is 0.270 e. The summed E-state index contributed by atoms with van der Waals surface area (Å²) in [6.07, 6.45) is 0. The molecule has 12 heteroatoms. The number of nitrogens with zero attached hydrogens (tertiary/aromatic N) is 4. The van der Waals surface area contributed by atoms with Gasteiger partial charge in [0.05, 0.1) is 36.4 Å². The van der Waals surface area contributed by atoms with Gasteiger partial charge < -0.3 is 9.47 Å². The molecule has 0 saturated carbocycles. The molecule has 0 fully saturated rings. The number of aromatic nitrogens is 1. The largest absolute Gasteiger partial charge is 0.493 e. The third-order valence-electron chi connectivity index (χ3n) is 5.22. The highest BCUT2D eigenvalue weighted by Gasteiger charge is 2.30. The Morgan fingerprint density at radius 2 is 1.76 bits per heavy atom. The van der Waals surface area contributed by atoms with Gasteiger partial charge in [0.2, 0.25) is 5.13 Å². The Labute approximate surface area is 202 Å². The van der Waals surface area contributed by atoms with E-state index < -0.39 is 14.9 Å². The van der Waals surface area contributed by atoms with E-state index in [1.54, 1.807) is 17.5 Å². The second-order valence-corrected chi connectivity index (χ2v) is 9.84. The third-order valence-corrected chi connectivity index (χ3v) is 7.92. The molecule has 0 unspecified atom stereocenters. The van der Waals surface area contributed by atoms with Crippen LogP contribution in [-0.2, 0) is 10.0 Å². The molecule has 34 heavy (non-hydrogen) atoms. The maximum atomic E-state index is 13.7. The van der Waals surface area contributed by atoms with Crippen LogP contribution in [0.15, 0.2) is 52.7 Å². The van der Waals surface area contributed by atoms with E-state index >= 15 is 0 Å². The fourth-order valence-electron chi connectivity index (χ4n) is 3.24. The molecule has 3 aromatic rings. The van der Waals surface area contributed by atoms with Crippen molar-refractivity contribution in [3.8, 4) is 22.8 Å². The van der Waals surface area contributed by atoms with Crippen LogP contribution < -0.4 is 13.8 Å². The number of rotatable bonds is 11. The van der Waals surface area contributed by atoms with E-state index in [2.05, 4.69) is 4.98 Å². The zero-order valence-electron chi connectivity index (χ0n) is 19.3. The molecule has 0 atom stereocenters. The van der Waals surface area contributed by atoms with Crippen molar-refractivity contribution in [3.05, 3.63) is 58.0 Å². The topological polar surface area (TPSA) is 115 Å². The lowest BCUT2D eigenvalue weighted by atomic mass is 10.1. The molecule has 0 saturated heterocycles. The standard InChI is InChI=1S/C22H26N4O6S2/c1-5-24(6-2)15-25(34(29,30)18-10-11-20(31-3)21(13-18)32-4)22-23-19(14-33-22)16-8-7-9-17(12-16)26(27)28/h7-14H,5-6,15H2,1-4H3. The lowest BCUT2D eigenvalue weighted by Crippen LogP contribution is -2.41. The van der Waals surface area contributed by atoms with Crippen LogP contribution in [0, 0.1) is 10.1 Å². The first kappa shape index (κ1) is 25.4. The summed E-state index contributed by atoms with van der Waals surface area (Å²) in [5.41, 5.74) is 0.920. The van der Waals surface area contributed by atoms with Crippen molar-refractivity contribution in [1.29, 1.82) is 0 Å². The highest BCUT2D eigenvalue weighted by molar-refractivity contribution is 7.93. The van der Waals surface area contributed by atoms with Gasteiger partial charge in [0.25, 0.3) is 15.7 Å². The number of nitro benzene ring substituents is 1. The van der Waals surface area contributed by atoms with Crippen LogP contribution in [0.25, 0.3) is 11.3 Å². The summed E-state index contributed by atoms with van der Waals surface area (Å²) in [4.78, 5) is 17.2. The molecule has 10 nitrogen and oxygen atoms in total.